The van der Waals surface area contributed by atoms with Crippen LogP contribution < -0.4 is 0 Å². The molecule has 0 aliphatic rings. The predicted octanol–water partition coefficient (Wildman–Crippen LogP) is 1.86. The highest BCUT2D eigenvalue weighted by molar-refractivity contribution is 5.65. The SMILES string of the molecule is CC(=O)OCCO.CC(C)COCC(C)C. The van der Waals surface area contributed by atoms with Crippen LogP contribution in [0.15, 0.2) is 0 Å². The van der Waals surface area contributed by atoms with Crippen LogP contribution in [0.2, 0.25) is 0 Å². The molecular weight excluding hydrogens is 208 g/mol. The van der Waals surface area contributed by atoms with Gasteiger partial charge in [-0.2, -0.15) is 0 Å². The van der Waals surface area contributed by atoms with Crippen molar-refractivity contribution in [3.63, 3.8) is 0 Å². The number of hydrogen-bond acceptors (Lipinski definition) is 4. The van der Waals surface area contributed by atoms with Gasteiger partial charge in [0, 0.05) is 20.1 Å². The fourth-order valence-corrected chi connectivity index (χ4v) is 0.729. The maximum absolute atomic E-state index is 9.87. The van der Waals surface area contributed by atoms with Crippen molar-refractivity contribution >= 4 is 5.97 Å². The molecule has 98 valence electrons. The van der Waals surface area contributed by atoms with E-state index in [9.17, 15) is 4.79 Å². The van der Waals surface area contributed by atoms with Crippen LogP contribution >= 0.6 is 0 Å². The zero-order chi connectivity index (χ0) is 13.0. The summed E-state index contributed by atoms with van der Waals surface area (Å²) in [7, 11) is 0. The molecule has 0 aromatic carbocycles. The molecule has 4 heteroatoms. The summed E-state index contributed by atoms with van der Waals surface area (Å²) in [6.07, 6.45) is 0. The van der Waals surface area contributed by atoms with Crippen molar-refractivity contribution in [2.45, 2.75) is 34.6 Å². The highest BCUT2D eigenvalue weighted by atomic mass is 16.5. The van der Waals surface area contributed by atoms with Gasteiger partial charge in [0.25, 0.3) is 0 Å². The molecule has 0 radical (unpaired) electrons. The third-order valence-electron chi connectivity index (χ3n) is 1.30. The Bertz CT molecular complexity index is 147. The Hall–Kier alpha value is -0.610. The molecule has 4 nitrogen and oxygen atoms in total. The summed E-state index contributed by atoms with van der Waals surface area (Å²) in [6.45, 7) is 11.8. The number of aliphatic hydroxyl groups is 1. The number of carbonyl (C=O) groups is 1. The summed E-state index contributed by atoms with van der Waals surface area (Å²) < 4.78 is 9.66. The maximum Gasteiger partial charge on any atom is 0.302 e. The molecule has 0 aromatic heterocycles. The van der Waals surface area contributed by atoms with E-state index in [1.54, 1.807) is 0 Å². The smallest absolute Gasteiger partial charge is 0.302 e. The topological polar surface area (TPSA) is 55.8 Å². The van der Waals surface area contributed by atoms with Crippen molar-refractivity contribution in [1.82, 2.24) is 0 Å². The number of carbonyl (C=O) groups excluding carboxylic acids is 1. The van der Waals surface area contributed by atoms with Gasteiger partial charge in [0.15, 0.2) is 0 Å². The Labute approximate surface area is 98.9 Å². The van der Waals surface area contributed by atoms with Crippen molar-refractivity contribution in [3.05, 3.63) is 0 Å². The molecule has 0 fully saturated rings. The van der Waals surface area contributed by atoms with Crippen molar-refractivity contribution < 1.29 is 19.4 Å². The zero-order valence-electron chi connectivity index (χ0n) is 11.2. The Balaban J connectivity index is 0. The van der Waals surface area contributed by atoms with E-state index < -0.39 is 0 Å². The molecule has 1 N–H and O–H groups in total. The average Bonchev–Trinajstić information content (AvgIpc) is 2.14. The minimum absolute atomic E-state index is 0.0976. The molecule has 16 heavy (non-hydrogen) atoms. The van der Waals surface area contributed by atoms with E-state index >= 15 is 0 Å². The van der Waals surface area contributed by atoms with Crippen molar-refractivity contribution in [3.8, 4) is 0 Å². The van der Waals surface area contributed by atoms with Gasteiger partial charge in [-0.1, -0.05) is 27.7 Å². The largest absolute Gasteiger partial charge is 0.463 e. The standard InChI is InChI=1S/C8H18O.C4H8O3/c1-7(2)5-9-6-8(3)4;1-4(6)7-3-2-5/h7-8H,5-6H2,1-4H3;5H,2-3H2,1H3. The van der Waals surface area contributed by atoms with E-state index in [2.05, 4.69) is 32.4 Å². The molecule has 0 rings (SSSR count). The van der Waals surface area contributed by atoms with Crippen LogP contribution in [-0.2, 0) is 14.3 Å². The summed E-state index contributed by atoms with van der Waals surface area (Å²) in [5.41, 5.74) is 0. The maximum atomic E-state index is 9.87. The van der Waals surface area contributed by atoms with Crippen LogP contribution in [0.5, 0.6) is 0 Å². The number of ether oxygens (including phenoxy) is 2. The van der Waals surface area contributed by atoms with Gasteiger partial charge in [0.05, 0.1) is 6.61 Å². The lowest BCUT2D eigenvalue weighted by Gasteiger charge is -2.07. The first-order valence-corrected chi connectivity index (χ1v) is 5.72. The average molecular weight is 234 g/mol. The van der Waals surface area contributed by atoms with Gasteiger partial charge >= 0.3 is 5.97 Å². The molecule has 0 heterocycles. The molecule has 0 aromatic rings. The molecule has 0 saturated carbocycles. The number of aliphatic hydroxyl groups excluding tert-OH is 1. The fourth-order valence-electron chi connectivity index (χ4n) is 0.729. The summed E-state index contributed by atoms with van der Waals surface area (Å²) >= 11 is 0. The Kier molecular flexibility index (Phi) is 13.8. The molecule has 0 bridgehead atoms. The van der Waals surface area contributed by atoms with Crippen molar-refractivity contribution in [1.29, 1.82) is 0 Å². The highest BCUT2D eigenvalue weighted by Gasteiger charge is 1.95. The van der Waals surface area contributed by atoms with Gasteiger partial charge in [-0.3, -0.25) is 4.79 Å². The lowest BCUT2D eigenvalue weighted by Crippen LogP contribution is -2.06. The van der Waals surface area contributed by atoms with E-state index in [-0.39, 0.29) is 19.2 Å². The van der Waals surface area contributed by atoms with E-state index in [1.165, 1.54) is 6.92 Å². The Morgan fingerprint density at radius 2 is 1.56 bits per heavy atom. The second-order valence-corrected chi connectivity index (χ2v) is 4.39. The first-order chi connectivity index (χ1) is 7.40. The van der Waals surface area contributed by atoms with E-state index in [1.807, 2.05) is 0 Å². The van der Waals surface area contributed by atoms with Gasteiger partial charge < -0.3 is 14.6 Å². The molecule has 0 atom stereocenters. The van der Waals surface area contributed by atoms with Gasteiger partial charge in [-0.25, -0.2) is 0 Å². The van der Waals surface area contributed by atoms with Gasteiger partial charge in [-0.15, -0.1) is 0 Å². The predicted molar refractivity (Wildman–Crippen MR) is 64.2 cm³/mol. The fraction of sp³-hybridized carbons (Fsp3) is 0.917. The zero-order valence-corrected chi connectivity index (χ0v) is 11.2. The van der Waals surface area contributed by atoms with Gasteiger partial charge in [-0.05, 0) is 11.8 Å². The first kappa shape index (κ1) is 17.8. The summed E-state index contributed by atoms with van der Waals surface area (Å²) in [4.78, 5) is 9.87. The Morgan fingerprint density at radius 1 is 1.12 bits per heavy atom. The van der Waals surface area contributed by atoms with Crippen LogP contribution in [0, 0.1) is 11.8 Å². The van der Waals surface area contributed by atoms with Gasteiger partial charge in [0.2, 0.25) is 0 Å². The first-order valence-electron chi connectivity index (χ1n) is 5.72. The quantitative estimate of drug-likeness (QED) is 0.713. The molecule has 0 aliphatic heterocycles. The molecule has 0 amide bonds. The Morgan fingerprint density at radius 3 is 1.75 bits per heavy atom. The molecule has 0 spiro atoms. The van der Waals surface area contributed by atoms with E-state index in [0.29, 0.717) is 11.8 Å². The van der Waals surface area contributed by atoms with Crippen LogP contribution in [0.3, 0.4) is 0 Å². The normalized spacial score (nSPS) is 10.0. The molecule has 0 aliphatic carbocycles. The third kappa shape index (κ3) is 23.3. The van der Waals surface area contributed by atoms with Crippen LogP contribution in [-0.4, -0.2) is 37.5 Å². The van der Waals surface area contributed by atoms with Crippen molar-refractivity contribution in [2.75, 3.05) is 26.4 Å². The van der Waals surface area contributed by atoms with Crippen LogP contribution in [0.25, 0.3) is 0 Å². The molecule has 0 saturated heterocycles. The second-order valence-electron chi connectivity index (χ2n) is 4.39. The summed E-state index contributed by atoms with van der Waals surface area (Å²) in [6, 6.07) is 0. The van der Waals surface area contributed by atoms with Crippen molar-refractivity contribution in [2.24, 2.45) is 11.8 Å². The molecule has 0 unspecified atom stereocenters. The van der Waals surface area contributed by atoms with Crippen LogP contribution in [0.1, 0.15) is 34.6 Å². The number of hydrogen-bond donors (Lipinski definition) is 1. The third-order valence-corrected chi connectivity index (χ3v) is 1.30. The minimum atomic E-state index is -0.353. The second kappa shape index (κ2) is 12.5. The lowest BCUT2D eigenvalue weighted by molar-refractivity contribution is -0.141. The minimum Gasteiger partial charge on any atom is -0.463 e. The van der Waals surface area contributed by atoms with Gasteiger partial charge in [0.1, 0.15) is 6.61 Å². The monoisotopic (exact) mass is 234 g/mol. The van der Waals surface area contributed by atoms with E-state index in [0.717, 1.165) is 13.2 Å². The highest BCUT2D eigenvalue weighted by Crippen LogP contribution is 1.96. The number of esters is 1. The summed E-state index contributed by atoms with van der Waals surface area (Å²) in [5.74, 6) is 0.988. The molecular formula is C12H26O4. The lowest BCUT2D eigenvalue weighted by atomic mass is 10.2. The number of rotatable bonds is 6. The summed E-state index contributed by atoms with van der Waals surface area (Å²) in [5, 5.41) is 8.04. The van der Waals surface area contributed by atoms with Crippen LogP contribution in [0.4, 0.5) is 0 Å². The van der Waals surface area contributed by atoms with E-state index in [4.69, 9.17) is 9.84 Å².